The fourth-order valence-electron chi connectivity index (χ4n) is 1.44. The molecule has 0 saturated carbocycles. The van der Waals surface area contributed by atoms with E-state index >= 15 is 0 Å². The molecule has 17 heavy (non-hydrogen) atoms. The van der Waals surface area contributed by atoms with Crippen molar-refractivity contribution in [1.29, 1.82) is 0 Å². The van der Waals surface area contributed by atoms with Crippen molar-refractivity contribution in [2.45, 2.75) is 26.4 Å². The Morgan fingerprint density at radius 3 is 2.94 bits per heavy atom. The molecule has 1 N–H and O–H groups in total. The zero-order valence-corrected chi connectivity index (χ0v) is 9.76. The van der Waals surface area contributed by atoms with Crippen LogP contribution in [0.15, 0.2) is 24.9 Å². The van der Waals surface area contributed by atoms with Crippen molar-refractivity contribution in [3.05, 3.63) is 36.3 Å². The van der Waals surface area contributed by atoms with Gasteiger partial charge in [0.1, 0.15) is 18.5 Å². The molecular formula is C11H14FN5. The van der Waals surface area contributed by atoms with E-state index in [0.29, 0.717) is 18.4 Å². The minimum Gasteiger partial charge on any atom is -0.310 e. The molecule has 2 aromatic heterocycles. The number of rotatable bonds is 4. The van der Waals surface area contributed by atoms with Crippen molar-refractivity contribution < 1.29 is 4.39 Å². The highest BCUT2D eigenvalue weighted by atomic mass is 19.1. The van der Waals surface area contributed by atoms with Crippen LogP contribution in [-0.4, -0.2) is 25.8 Å². The molecule has 2 aromatic rings. The lowest BCUT2D eigenvalue weighted by Crippen LogP contribution is -2.23. The Balaban J connectivity index is 2.31. The molecule has 0 radical (unpaired) electrons. The van der Waals surface area contributed by atoms with Gasteiger partial charge in [0.15, 0.2) is 5.82 Å². The Hall–Kier alpha value is -1.82. The zero-order valence-electron chi connectivity index (χ0n) is 9.76. The lowest BCUT2D eigenvalue weighted by molar-refractivity contribution is 0.574. The lowest BCUT2D eigenvalue weighted by Gasteiger charge is -2.11. The average Bonchev–Trinajstić information content (AvgIpc) is 2.80. The van der Waals surface area contributed by atoms with E-state index in [0.717, 1.165) is 5.56 Å². The summed E-state index contributed by atoms with van der Waals surface area (Å²) in [5.41, 5.74) is 0.754. The van der Waals surface area contributed by atoms with Gasteiger partial charge < -0.3 is 5.32 Å². The highest BCUT2D eigenvalue weighted by Crippen LogP contribution is 2.11. The molecule has 0 aliphatic carbocycles. The molecule has 5 nitrogen and oxygen atoms in total. The van der Waals surface area contributed by atoms with Crippen LogP contribution in [-0.2, 0) is 6.54 Å². The maximum atomic E-state index is 13.2. The number of hydrogen-bond acceptors (Lipinski definition) is 4. The largest absolute Gasteiger partial charge is 0.310 e. The molecule has 2 rings (SSSR count). The van der Waals surface area contributed by atoms with Crippen molar-refractivity contribution in [2.24, 2.45) is 0 Å². The predicted octanol–water partition coefficient (Wildman–Crippen LogP) is 1.30. The van der Waals surface area contributed by atoms with Crippen LogP contribution in [0.4, 0.5) is 4.39 Å². The van der Waals surface area contributed by atoms with Crippen molar-refractivity contribution in [1.82, 2.24) is 25.1 Å². The van der Waals surface area contributed by atoms with Crippen molar-refractivity contribution in [3.8, 4) is 5.82 Å². The normalized spacial score (nSPS) is 11.1. The summed E-state index contributed by atoms with van der Waals surface area (Å²) in [6.07, 6.45) is 4.14. The first-order valence-electron chi connectivity index (χ1n) is 5.39. The monoisotopic (exact) mass is 235 g/mol. The van der Waals surface area contributed by atoms with E-state index in [9.17, 15) is 4.39 Å². The summed E-state index contributed by atoms with van der Waals surface area (Å²) in [7, 11) is 0. The molecule has 0 saturated heterocycles. The molecule has 0 unspecified atom stereocenters. The predicted molar refractivity (Wildman–Crippen MR) is 61.1 cm³/mol. The molecule has 6 heteroatoms. The van der Waals surface area contributed by atoms with E-state index < -0.39 is 0 Å². The van der Waals surface area contributed by atoms with Crippen molar-refractivity contribution >= 4 is 0 Å². The van der Waals surface area contributed by atoms with E-state index in [-0.39, 0.29) is 5.82 Å². The minimum atomic E-state index is -0.352. The van der Waals surface area contributed by atoms with Gasteiger partial charge in [0.25, 0.3) is 0 Å². The Labute approximate surface area is 98.7 Å². The SMILES string of the molecule is CC(C)NCc1cc(F)cnc1-n1cncn1. The minimum absolute atomic E-state index is 0.321. The van der Waals surface area contributed by atoms with Crippen LogP contribution < -0.4 is 5.32 Å². The van der Waals surface area contributed by atoms with Crippen LogP contribution in [0.2, 0.25) is 0 Å². The number of hydrogen-bond donors (Lipinski definition) is 1. The molecule has 0 atom stereocenters. The van der Waals surface area contributed by atoms with E-state index in [1.54, 1.807) is 6.33 Å². The van der Waals surface area contributed by atoms with Crippen molar-refractivity contribution in [3.63, 3.8) is 0 Å². The summed E-state index contributed by atoms with van der Waals surface area (Å²) in [6.45, 7) is 4.60. The van der Waals surface area contributed by atoms with Gasteiger partial charge in [0.2, 0.25) is 0 Å². The van der Waals surface area contributed by atoms with Gasteiger partial charge in [-0.25, -0.2) is 19.0 Å². The number of pyridine rings is 1. The molecule has 0 aromatic carbocycles. The van der Waals surface area contributed by atoms with E-state index in [1.165, 1.54) is 23.3 Å². The van der Waals surface area contributed by atoms with E-state index in [2.05, 4.69) is 20.4 Å². The molecular weight excluding hydrogens is 221 g/mol. The Morgan fingerprint density at radius 1 is 1.47 bits per heavy atom. The lowest BCUT2D eigenvalue weighted by atomic mass is 10.2. The highest BCUT2D eigenvalue weighted by Gasteiger charge is 2.08. The van der Waals surface area contributed by atoms with E-state index in [4.69, 9.17) is 0 Å². The molecule has 0 spiro atoms. The van der Waals surface area contributed by atoms with Gasteiger partial charge in [0, 0.05) is 18.2 Å². The summed E-state index contributed by atoms with van der Waals surface area (Å²) in [5, 5.41) is 7.22. The number of halogens is 1. The molecule has 0 bridgehead atoms. The maximum Gasteiger partial charge on any atom is 0.159 e. The molecule has 2 heterocycles. The van der Waals surface area contributed by atoms with E-state index in [1.807, 2.05) is 13.8 Å². The molecule has 0 aliphatic rings. The third-order valence-corrected chi connectivity index (χ3v) is 2.25. The molecule has 0 fully saturated rings. The van der Waals surface area contributed by atoms with Crippen LogP contribution in [0.5, 0.6) is 0 Å². The third-order valence-electron chi connectivity index (χ3n) is 2.25. The van der Waals surface area contributed by atoms with Crippen LogP contribution in [0.25, 0.3) is 5.82 Å². The average molecular weight is 235 g/mol. The first-order chi connectivity index (χ1) is 8.16. The first-order valence-corrected chi connectivity index (χ1v) is 5.39. The maximum absolute atomic E-state index is 13.2. The second-order valence-corrected chi connectivity index (χ2v) is 4.01. The summed E-state index contributed by atoms with van der Waals surface area (Å²) in [5.74, 6) is 0.242. The molecule has 0 aliphatic heterocycles. The van der Waals surface area contributed by atoms with Crippen LogP contribution in [0, 0.1) is 5.82 Å². The molecule has 0 amide bonds. The van der Waals surface area contributed by atoms with Crippen LogP contribution in [0.1, 0.15) is 19.4 Å². The topological polar surface area (TPSA) is 55.6 Å². The number of aromatic nitrogens is 4. The second-order valence-electron chi connectivity index (χ2n) is 4.01. The van der Waals surface area contributed by atoms with Gasteiger partial charge in [-0.1, -0.05) is 13.8 Å². The standard InChI is InChI=1S/C11H14FN5/c1-8(2)14-4-9-3-10(12)5-15-11(9)17-7-13-6-16-17/h3,5-8,14H,4H2,1-2H3. The van der Waals surface area contributed by atoms with Crippen LogP contribution in [0.3, 0.4) is 0 Å². The summed E-state index contributed by atoms with van der Waals surface area (Å²) in [6, 6.07) is 1.78. The van der Waals surface area contributed by atoms with Gasteiger partial charge in [-0.05, 0) is 6.07 Å². The smallest absolute Gasteiger partial charge is 0.159 e. The van der Waals surface area contributed by atoms with Gasteiger partial charge in [-0.15, -0.1) is 0 Å². The Kier molecular flexibility index (Phi) is 3.43. The van der Waals surface area contributed by atoms with Gasteiger partial charge >= 0.3 is 0 Å². The number of nitrogens with zero attached hydrogens (tertiary/aromatic N) is 4. The quantitative estimate of drug-likeness (QED) is 0.867. The van der Waals surface area contributed by atoms with Gasteiger partial charge in [-0.2, -0.15) is 5.10 Å². The first kappa shape index (κ1) is 11.7. The summed E-state index contributed by atoms with van der Waals surface area (Å²) in [4.78, 5) is 7.90. The zero-order chi connectivity index (χ0) is 12.3. The van der Waals surface area contributed by atoms with Gasteiger partial charge in [-0.3, -0.25) is 0 Å². The third kappa shape index (κ3) is 2.85. The summed E-state index contributed by atoms with van der Waals surface area (Å²) < 4.78 is 14.7. The highest BCUT2D eigenvalue weighted by molar-refractivity contribution is 5.32. The fourth-order valence-corrected chi connectivity index (χ4v) is 1.44. The Morgan fingerprint density at radius 2 is 2.29 bits per heavy atom. The van der Waals surface area contributed by atoms with Crippen molar-refractivity contribution in [2.75, 3.05) is 0 Å². The summed E-state index contributed by atoms with van der Waals surface area (Å²) >= 11 is 0. The van der Waals surface area contributed by atoms with Gasteiger partial charge in [0.05, 0.1) is 6.20 Å². The number of nitrogens with one attached hydrogen (secondary N) is 1. The Bertz CT molecular complexity index is 481. The fraction of sp³-hybridized carbons (Fsp3) is 0.364. The second kappa shape index (κ2) is 5.01. The van der Waals surface area contributed by atoms with Crippen LogP contribution >= 0.6 is 0 Å². The molecule has 90 valence electrons.